The van der Waals surface area contributed by atoms with Crippen molar-refractivity contribution in [2.45, 2.75) is 30.1 Å². The molecule has 0 spiro atoms. The van der Waals surface area contributed by atoms with Gasteiger partial charge in [0.2, 0.25) is 0 Å². The molecule has 0 aromatic heterocycles. The first-order valence-electron chi connectivity index (χ1n) is 25.3. The van der Waals surface area contributed by atoms with Gasteiger partial charge in [-0.2, -0.15) is 0 Å². The fourth-order valence-corrected chi connectivity index (χ4v) is 13.3. The van der Waals surface area contributed by atoms with Crippen molar-refractivity contribution in [3.63, 3.8) is 0 Å². The zero-order valence-corrected chi connectivity index (χ0v) is 40.4. The van der Waals surface area contributed by atoms with Gasteiger partial charge in [-0.25, -0.2) is 0 Å². The highest BCUT2D eigenvalue weighted by Crippen LogP contribution is 2.59. The molecule has 340 valence electrons. The predicted molar refractivity (Wildman–Crippen MR) is 299 cm³/mol. The summed E-state index contributed by atoms with van der Waals surface area (Å²) in [4.78, 5) is 2.49. The molecule has 11 aromatic carbocycles. The van der Waals surface area contributed by atoms with Gasteiger partial charge in [0.1, 0.15) is 0 Å². The van der Waals surface area contributed by atoms with Crippen LogP contribution in [-0.2, 0) is 16.2 Å². The molecular formula is C71H51N. The molecule has 0 atom stereocenters. The lowest BCUT2D eigenvalue weighted by atomic mass is 9.67. The maximum atomic E-state index is 2.49. The standard InChI is InChI=1S/C71H51N/c1-69(2)63-32-18-15-29-57(63)60-43-40-55(46-66(60)69)72(56-41-44-62-59-31-17-20-34-65(59)71(68(62)47-56,52-25-11-5-12-26-52)53-27-13-6-14-28-53)54-38-35-48(36-39-54)49-37-42-61-58-30-16-19-33-64(58)70(67(61)45-49,50-21-7-3-8-22-50)51-23-9-4-10-24-51/h3-47H,1-2H3. The van der Waals surface area contributed by atoms with Crippen molar-refractivity contribution in [2.75, 3.05) is 4.90 Å². The fourth-order valence-electron chi connectivity index (χ4n) is 13.3. The molecular weight excluding hydrogens is 867 g/mol. The Morgan fingerprint density at radius 3 is 1.03 bits per heavy atom. The van der Waals surface area contributed by atoms with E-state index in [0.29, 0.717) is 0 Å². The summed E-state index contributed by atoms with van der Waals surface area (Å²) in [6.45, 7) is 4.75. The van der Waals surface area contributed by atoms with Crippen LogP contribution in [0.1, 0.15) is 69.5 Å². The van der Waals surface area contributed by atoms with E-state index in [2.05, 4.69) is 292 Å². The lowest BCUT2D eigenvalue weighted by molar-refractivity contribution is 0.660. The SMILES string of the molecule is CC1(C)c2ccccc2-c2ccc(N(c3ccc(-c4ccc5c(c4)C(c4ccccc4)(c4ccccc4)c4ccccc4-5)cc3)c3ccc4c(c3)C(c3ccccc3)(c3ccccc3)c3ccccc3-4)cc21. The van der Waals surface area contributed by atoms with Crippen LogP contribution in [0.3, 0.4) is 0 Å². The normalized spacial score (nSPS) is 14.6. The first-order chi connectivity index (χ1) is 35.5. The van der Waals surface area contributed by atoms with Crippen molar-refractivity contribution in [3.05, 3.63) is 329 Å². The molecule has 0 fully saturated rings. The highest BCUT2D eigenvalue weighted by Gasteiger charge is 2.48. The van der Waals surface area contributed by atoms with Gasteiger partial charge >= 0.3 is 0 Å². The summed E-state index contributed by atoms with van der Waals surface area (Å²) in [6.07, 6.45) is 0. The minimum absolute atomic E-state index is 0.158. The van der Waals surface area contributed by atoms with E-state index in [1.165, 1.54) is 100 Å². The Kier molecular flexibility index (Phi) is 9.44. The summed E-state index contributed by atoms with van der Waals surface area (Å²) in [5.41, 5.74) is 25.3. The zero-order valence-electron chi connectivity index (χ0n) is 40.4. The Labute approximate surface area is 423 Å². The molecule has 0 unspecified atom stereocenters. The molecule has 0 saturated carbocycles. The molecule has 0 radical (unpaired) electrons. The smallest absolute Gasteiger partial charge is 0.0714 e. The highest BCUT2D eigenvalue weighted by atomic mass is 15.1. The fraction of sp³-hybridized carbons (Fsp3) is 0.0704. The van der Waals surface area contributed by atoms with Gasteiger partial charge in [0, 0.05) is 22.5 Å². The zero-order chi connectivity index (χ0) is 48.0. The van der Waals surface area contributed by atoms with Gasteiger partial charge < -0.3 is 4.90 Å². The van der Waals surface area contributed by atoms with Crippen LogP contribution < -0.4 is 4.90 Å². The second-order valence-corrected chi connectivity index (χ2v) is 20.3. The minimum atomic E-state index is -0.524. The van der Waals surface area contributed by atoms with E-state index in [1.807, 2.05) is 0 Å². The number of anilines is 3. The van der Waals surface area contributed by atoms with Gasteiger partial charge in [-0.15, -0.1) is 0 Å². The molecule has 11 aromatic rings. The summed E-state index contributed by atoms with van der Waals surface area (Å²) >= 11 is 0. The summed E-state index contributed by atoms with van der Waals surface area (Å²) in [7, 11) is 0. The first kappa shape index (κ1) is 42.1. The van der Waals surface area contributed by atoms with E-state index in [9.17, 15) is 0 Å². The third-order valence-electron chi connectivity index (χ3n) is 16.4. The summed E-state index contributed by atoms with van der Waals surface area (Å²) in [6, 6.07) is 102. The van der Waals surface area contributed by atoms with Gasteiger partial charge in [0.15, 0.2) is 0 Å². The number of benzene rings is 11. The molecule has 0 saturated heterocycles. The second kappa shape index (κ2) is 16.1. The molecule has 72 heavy (non-hydrogen) atoms. The van der Waals surface area contributed by atoms with Crippen molar-refractivity contribution in [1.82, 2.24) is 0 Å². The minimum Gasteiger partial charge on any atom is -0.310 e. The van der Waals surface area contributed by atoms with E-state index in [4.69, 9.17) is 0 Å². The van der Waals surface area contributed by atoms with Gasteiger partial charge in [-0.05, 0) is 143 Å². The maximum Gasteiger partial charge on any atom is 0.0714 e. The maximum absolute atomic E-state index is 2.49. The third-order valence-corrected chi connectivity index (χ3v) is 16.4. The molecule has 3 aliphatic rings. The number of rotatable bonds is 8. The van der Waals surface area contributed by atoms with E-state index >= 15 is 0 Å². The Hall–Kier alpha value is -8.78. The molecule has 0 bridgehead atoms. The van der Waals surface area contributed by atoms with Crippen molar-refractivity contribution in [3.8, 4) is 44.5 Å². The highest BCUT2D eigenvalue weighted by molar-refractivity contribution is 5.92. The Morgan fingerprint density at radius 2 is 0.556 bits per heavy atom. The lowest BCUT2D eigenvalue weighted by Gasteiger charge is -2.35. The van der Waals surface area contributed by atoms with Gasteiger partial charge in [-0.3, -0.25) is 0 Å². The monoisotopic (exact) mass is 917 g/mol. The molecule has 0 amide bonds. The van der Waals surface area contributed by atoms with Crippen LogP contribution >= 0.6 is 0 Å². The number of hydrogen-bond acceptors (Lipinski definition) is 1. The molecule has 0 N–H and O–H groups in total. The van der Waals surface area contributed by atoms with Gasteiger partial charge in [0.05, 0.1) is 10.8 Å². The number of fused-ring (bicyclic) bond motifs is 9. The van der Waals surface area contributed by atoms with Gasteiger partial charge in [-0.1, -0.05) is 244 Å². The van der Waals surface area contributed by atoms with Crippen LogP contribution in [0.15, 0.2) is 273 Å². The molecule has 0 heterocycles. The molecule has 0 aliphatic heterocycles. The largest absolute Gasteiger partial charge is 0.310 e. The van der Waals surface area contributed by atoms with Crippen LogP contribution in [0.25, 0.3) is 44.5 Å². The predicted octanol–water partition coefficient (Wildman–Crippen LogP) is 17.9. The third kappa shape index (κ3) is 5.95. The van der Waals surface area contributed by atoms with Crippen LogP contribution in [-0.4, -0.2) is 0 Å². The quantitative estimate of drug-likeness (QED) is 0.147. The van der Waals surface area contributed by atoms with Crippen molar-refractivity contribution in [1.29, 1.82) is 0 Å². The summed E-state index contributed by atoms with van der Waals surface area (Å²) in [5.74, 6) is 0. The van der Waals surface area contributed by atoms with Crippen LogP contribution in [0.2, 0.25) is 0 Å². The molecule has 1 nitrogen and oxygen atoms in total. The molecule has 14 rings (SSSR count). The summed E-state index contributed by atoms with van der Waals surface area (Å²) in [5, 5.41) is 0. The van der Waals surface area contributed by atoms with Crippen LogP contribution in [0, 0.1) is 0 Å². The molecule has 1 heteroatoms. The Bertz CT molecular complexity index is 3790. The Balaban J connectivity index is 0.954. The molecule has 3 aliphatic carbocycles. The number of nitrogens with zero attached hydrogens (tertiary/aromatic N) is 1. The summed E-state index contributed by atoms with van der Waals surface area (Å²) < 4.78 is 0. The first-order valence-corrected chi connectivity index (χ1v) is 25.3. The van der Waals surface area contributed by atoms with Crippen molar-refractivity contribution < 1.29 is 0 Å². The number of hydrogen-bond donors (Lipinski definition) is 0. The van der Waals surface area contributed by atoms with E-state index in [1.54, 1.807) is 0 Å². The Morgan fingerprint density at radius 1 is 0.236 bits per heavy atom. The second-order valence-electron chi connectivity index (χ2n) is 20.3. The van der Waals surface area contributed by atoms with E-state index < -0.39 is 10.8 Å². The average Bonchev–Trinajstić information content (AvgIpc) is 4.01. The van der Waals surface area contributed by atoms with Crippen LogP contribution in [0.4, 0.5) is 17.1 Å². The van der Waals surface area contributed by atoms with Crippen LogP contribution in [0.5, 0.6) is 0 Å². The van der Waals surface area contributed by atoms with E-state index in [0.717, 1.165) is 17.1 Å². The van der Waals surface area contributed by atoms with Crippen molar-refractivity contribution >= 4 is 17.1 Å². The van der Waals surface area contributed by atoms with Crippen molar-refractivity contribution in [2.24, 2.45) is 0 Å². The topological polar surface area (TPSA) is 3.24 Å². The van der Waals surface area contributed by atoms with E-state index in [-0.39, 0.29) is 5.41 Å². The lowest BCUT2D eigenvalue weighted by Crippen LogP contribution is -2.28. The average molecular weight is 918 g/mol. The van der Waals surface area contributed by atoms with Gasteiger partial charge in [0.25, 0.3) is 0 Å².